The maximum absolute atomic E-state index is 11.4. The minimum atomic E-state index is -0.443. The van der Waals surface area contributed by atoms with Crippen LogP contribution >= 0.6 is 15.9 Å². The first kappa shape index (κ1) is 15.6. The number of carbonyl (C=O) groups is 1. The Labute approximate surface area is 119 Å². The van der Waals surface area contributed by atoms with Crippen LogP contribution in [0.2, 0.25) is 0 Å². The van der Waals surface area contributed by atoms with Gasteiger partial charge < -0.3 is 10.6 Å². The summed E-state index contributed by atoms with van der Waals surface area (Å²) in [5, 5.41) is 16.5. The van der Waals surface area contributed by atoms with Gasteiger partial charge in [0.05, 0.1) is 15.9 Å². The zero-order chi connectivity index (χ0) is 14.3. The second-order valence-electron chi connectivity index (χ2n) is 3.96. The Balaban J connectivity index is 2.52. The lowest BCUT2D eigenvalue weighted by Gasteiger charge is -2.07. The van der Waals surface area contributed by atoms with E-state index in [1.807, 2.05) is 6.92 Å². The molecule has 0 aliphatic carbocycles. The van der Waals surface area contributed by atoms with E-state index in [2.05, 4.69) is 26.6 Å². The molecule has 0 atom stereocenters. The molecular weight excluding hydrogens is 314 g/mol. The van der Waals surface area contributed by atoms with Crippen molar-refractivity contribution in [3.63, 3.8) is 0 Å². The third kappa shape index (κ3) is 4.96. The van der Waals surface area contributed by atoms with Gasteiger partial charge in [0.15, 0.2) is 0 Å². The van der Waals surface area contributed by atoms with Gasteiger partial charge >= 0.3 is 0 Å². The Morgan fingerprint density at radius 2 is 2.21 bits per heavy atom. The Kier molecular flexibility index (Phi) is 6.44. The van der Waals surface area contributed by atoms with Crippen molar-refractivity contribution in [2.24, 2.45) is 0 Å². The highest BCUT2D eigenvalue weighted by Gasteiger charge is 2.14. The van der Waals surface area contributed by atoms with E-state index in [0.29, 0.717) is 17.6 Å². The summed E-state index contributed by atoms with van der Waals surface area (Å²) in [4.78, 5) is 21.7. The van der Waals surface area contributed by atoms with Crippen LogP contribution in [-0.4, -0.2) is 23.9 Å². The summed E-state index contributed by atoms with van der Waals surface area (Å²) >= 11 is 3.21. The van der Waals surface area contributed by atoms with Crippen molar-refractivity contribution < 1.29 is 9.72 Å². The molecule has 1 aromatic carbocycles. The molecule has 19 heavy (non-hydrogen) atoms. The molecule has 1 rings (SSSR count). The number of amides is 1. The molecule has 0 unspecified atom stereocenters. The Morgan fingerprint density at radius 1 is 1.47 bits per heavy atom. The molecule has 0 saturated carbocycles. The monoisotopic (exact) mass is 329 g/mol. The molecule has 6 nitrogen and oxygen atoms in total. The summed E-state index contributed by atoms with van der Waals surface area (Å²) in [6.45, 7) is 3.21. The predicted octanol–water partition coefficient (Wildman–Crippen LogP) is 1.97. The van der Waals surface area contributed by atoms with Crippen molar-refractivity contribution in [1.82, 2.24) is 10.6 Å². The van der Waals surface area contributed by atoms with Crippen molar-refractivity contribution in [2.75, 3.05) is 13.1 Å². The molecule has 0 fully saturated rings. The first-order valence-corrected chi connectivity index (χ1v) is 6.74. The van der Waals surface area contributed by atoms with Crippen LogP contribution in [0.1, 0.15) is 18.9 Å². The second-order valence-corrected chi connectivity index (χ2v) is 4.75. The van der Waals surface area contributed by atoms with Gasteiger partial charge in [-0.15, -0.1) is 0 Å². The van der Waals surface area contributed by atoms with Crippen LogP contribution in [0, 0.1) is 10.1 Å². The molecule has 1 amide bonds. The molecule has 7 heteroatoms. The highest BCUT2D eigenvalue weighted by Crippen LogP contribution is 2.27. The van der Waals surface area contributed by atoms with Crippen molar-refractivity contribution in [1.29, 1.82) is 0 Å². The van der Waals surface area contributed by atoms with Gasteiger partial charge in [-0.25, -0.2) is 0 Å². The molecule has 104 valence electrons. The van der Waals surface area contributed by atoms with Crippen LogP contribution < -0.4 is 10.6 Å². The molecule has 0 aliphatic rings. The van der Waals surface area contributed by atoms with Gasteiger partial charge in [0.2, 0.25) is 5.91 Å². The number of nitrogens with one attached hydrogen (secondary N) is 2. The number of hydrogen-bond donors (Lipinski definition) is 2. The minimum absolute atomic E-state index is 0.0229. The fraction of sp³-hybridized carbons (Fsp3) is 0.417. The van der Waals surface area contributed by atoms with Crippen LogP contribution in [0.4, 0.5) is 5.69 Å². The van der Waals surface area contributed by atoms with Crippen molar-refractivity contribution in [3.05, 3.63) is 38.3 Å². The number of nitro groups is 1. The van der Waals surface area contributed by atoms with Gasteiger partial charge in [-0.2, -0.15) is 0 Å². The lowest BCUT2D eigenvalue weighted by Crippen LogP contribution is -2.34. The highest BCUT2D eigenvalue weighted by atomic mass is 79.9. The van der Waals surface area contributed by atoms with Gasteiger partial charge in [0, 0.05) is 19.2 Å². The molecule has 1 aromatic rings. The number of rotatable bonds is 7. The summed E-state index contributed by atoms with van der Waals surface area (Å²) in [5.41, 5.74) is 0.771. The van der Waals surface area contributed by atoms with E-state index in [0.717, 1.165) is 12.0 Å². The zero-order valence-electron chi connectivity index (χ0n) is 10.6. The van der Waals surface area contributed by atoms with Crippen molar-refractivity contribution >= 4 is 27.5 Å². The predicted molar refractivity (Wildman–Crippen MR) is 75.8 cm³/mol. The molecule has 0 heterocycles. The van der Waals surface area contributed by atoms with E-state index in [9.17, 15) is 14.9 Å². The topological polar surface area (TPSA) is 84.3 Å². The Hall–Kier alpha value is -1.47. The molecule has 0 radical (unpaired) electrons. The maximum Gasteiger partial charge on any atom is 0.283 e. The number of halogens is 1. The smallest absolute Gasteiger partial charge is 0.283 e. The van der Waals surface area contributed by atoms with Gasteiger partial charge in [-0.1, -0.05) is 19.1 Å². The van der Waals surface area contributed by atoms with Crippen LogP contribution in [0.5, 0.6) is 0 Å². The lowest BCUT2D eigenvalue weighted by molar-refractivity contribution is -0.385. The van der Waals surface area contributed by atoms with Crippen LogP contribution in [0.15, 0.2) is 22.7 Å². The standard InChI is InChI=1S/C12H16BrN3O3/c1-2-6-15-11(17)8-14-7-9-4-3-5-10(12(9)13)16(18)19/h3-5,14H,2,6-8H2,1H3,(H,15,17). The number of hydrogen-bond acceptors (Lipinski definition) is 4. The lowest BCUT2D eigenvalue weighted by atomic mass is 10.2. The first-order valence-electron chi connectivity index (χ1n) is 5.95. The van der Waals surface area contributed by atoms with E-state index < -0.39 is 4.92 Å². The molecule has 0 spiro atoms. The van der Waals surface area contributed by atoms with Crippen molar-refractivity contribution in [2.45, 2.75) is 19.9 Å². The van der Waals surface area contributed by atoms with E-state index in [1.165, 1.54) is 6.07 Å². The summed E-state index contributed by atoms with van der Waals surface area (Å²) < 4.78 is 0.446. The normalized spacial score (nSPS) is 10.2. The average Bonchev–Trinajstić information content (AvgIpc) is 2.38. The van der Waals surface area contributed by atoms with E-state index in [4.69, 9.17) is 0 Å². The number of carbonyl (C=O) groups excluding carboxylic acids is 1. The van der Waals surface area contributed by atoms with Crippen LogP contribution in [0.3, 0.4) is 0 Å². The van der Waals surface area contributed by atoms with Gasteiger partial charge in [0.25, 0.3) is 5.69 Å². The molecule has 0 aliphatic heterocycles. The van der Waals surface area contributed by atoms with Crippen LogP contribution in [-0.2, 0) is 11.3 Å². The fourth-order valence-electron chi connectivity index (χ4n) is 1.48. The van der Waals surface area contributed by atoms with E-state index >= 15 is 0 Å². The minimum Gasteiger partial charge on any atom is -0.355 e. The van der Waals surface area contributed by atoms with Crippen LogP contribution in [0.25, 0.3) is 0 Å². The van der Waals surface area contributed by atoms with E-state index in [1.54, 1.807) is 12.1 Å². The third-order valence-corrected chi connectivity index (χ3v) is 3.34. The number of benzene rings is 1. The van der Waals surface area contributed by atoms with E-state index in [-0.39, 0.29) is 18.1 Å². The third-order valence-electron chi connectivity index (χ3n) is 2.43. The summed E-state index contributed by atoms with van der Waals surface area (Å²) in [6, 6.07) is 4.83. The summed E-state index contributed by atoms with van der Waals surface area (Å²) in [6.07, 6.45) is 0.891. The Morgan fingerprint density at radius 3 is 2.84 bits per heavy atom. The fourth-order valence-corrected chi connectivity index (χ4v) is 2.03. The Bertz CT molecular complexity index is 466. The van der Waals surface area contributed by atoms with Gasteiger partial charge in [0.1, 0.15) is 0 Å². The SMILES string of the molecule is CCCNC(=O)CNCc1cccc([N+](=O)[O-])c1Br. The molecular formula is C12H16BrN3O3. The first-order chi connectivity index (χ1) is 9.06. The molecule has 0 bridgehead atoms. The van der Waals surface area contributed by atoms with Crippen molar-refractivity contribution in [3.8, 4) is 0 Å². The quantitative estimate of drug-likeness (QED) is 0.591. The van der Waals surface area contributed by atoms with Gasteiger partial charge in [-0.05, 0) is 27.9 Å². The summed E-state index contributed by atoms with van der Waals surface area (Å²) in [7, 11) is 0. The second kappa shape index (κ2) is 7.85. The largest absolute Gasteiger partial charge is 0.355 e. The number of nitrogens with zero attached hydrogens (tertiary/aromatic N) is 1. The summed E-state index contributed by atoms with van der Waals surface area (Å²) in [5.74, 6) is -0.0802. The molecule has 0 aromatic heterocycles. The highest BCUT2D eigenvalue weighted by molar-refractivity contribution is 9.10. The molecule has 0 saturated heterocycles. The number of nitro benzene ring substituents is 1. The average molecular weight is 330 g/mol. The van der Waals surface area contributed by atoms with Gasteiger partial charge in [-0.3, -0.25) is 14.9 Å². The zero-order valence-corrected chi connectivity index (χ0v) is 12.2. The maximum atomic E-state index is 11.4. The molecule has 2 N–H and O–H groups in total.